The number of amides is 2. The summed E-state index contributed by atoms with van der Waals surface area (Å²) in [6.07, 6.45) is 9.83. The smallest absolute Gasteiger partial charge is 0.315 e. The van der Waals surface area contributed by atoms with Crippen molar-refractivity contribution in [1.29, 1.82) is 0 Å². The van der Waals surface area contributed by atoms with E-state index in [1.165, 1.54) is 44.1 Å². The molecule has 0 aliphatic heterocycles. The monoisotopic (exact) mass is 286 g/mol. The molecule has 2 fully saturated rings. The Morgan fingerprint density at radius 2 is 1.62 bits per heavy atom. The van der Waals surface area contributed by atoms with Crippen molar-refractivity contribution in [3.05, 3.63) is 35.9 Å². The molecule has 2 saturated carbocycles. The lowest BCUT2D eigenvalue weighted by atomic mass is 10.0. The van der Waals surface area contributed by atoms with Gasteiger partial charge in [-0.2, -0.15) is 0 Å². The molecule has 0 aromatic heterocycles. The summed E-state index contributed by atoms with van der Waals surface area (Å²) in [5, 5.41) is 6.40. The molecule has 1 unspecified atom stereocenters. The Kier molecular flexibility index (Phi) is 4.79. The van der Waals surface area contributed by atoms with Crippen molar-refractivity contribution in [2.24, 2.45) is 5.92 Å². The third kappa shape index (κ3) is 4.23. The van der Waals surface area contributed by atoms with Crippen molar-refractivity contribution in [3.63, 3.8) is 0 Å². The Morgan fingerprint density at radius 3 is 2.24 bits per heavy atom. The Morgan fingerprint density at radius 1 is 0.952 bits per heavy atom. The Labute approximate surface area is 127 Å². The van der Waals surface area contributed by atoms with Gasteiger partial charge in [-0.1, -0.05) is 56.0 Å². The maximum Gasteiger partial charge on any atom is 0.315 e. The van der Waals surface area contributed by atoms with Crippen molar-refractivity contribution in [2.45, 2.75) is 63.5 Å². The predicted octanol–water partition coefficient (Wildman–Crippen LogP) is 4.16. The van der Waals surface area contributed by atoms with E-state index in [1.54, 1.807) is 0 Å². The molecule has 3 nitrogen and oxygen atoms in total. The minimum absolute atomic E-state index is 0.0163. The van der Waals surface area contributed by atoms with Gasteiger partial charge < -0.3 is 10.6 Å². The molecule has 0 saturated heterocycles. The highest BCUT2D eigenvalue weighted by molar-refractivity contribution is 5.74. The van der Waals surface area contributed by atoms with Crippen LogP contribution in [0.5, 0.6) is 0 Å². The summed E-state index contributed by atoms with van der Waals surface area (Å²) in [6.45, 7) is 0. The summed E-state index contributed by atoms with van der Waals surface area (Å²) < 4.78 is 0. The van der Waals surface area contributed by atoms with Crippen molar-refractivity contribution in [2.75, 3.05) is 0 Å². The van der Waals surface area contributed by atoms with Gasteiger partial charge in [0.15, 0.2) is 0 Å². The largest absolute Gasteiger partial charge is 0.335 e. The maximum absolute atomic E-state index is 12.3. The van der Waals surface area contributed by atoms with Crippen LogP contribution in [0.3, 0.4) is 0 Å². The second kappa shape index (κ2) is 6.97. The molecule has 21 heavy (non-hydrogen) atoms. The average Bonchev–Trinajstić information content (AvgIpc) is 3.33. The molecule has 2 N–H and O–H groups in total. The van der Waals surface area contributed by atoms with Crippen LogP contribution in [0.1, 0.15) is 63.0 Å². The van der Waals surface area contributed by atoms with E-state index in [9.17, 15) is 4.79 Å². The van der Waals surface area contributed by atoms with Crippen LogP contribution in [0.4, 0.5) is 4.79 Å². The summed E-state index contributed by atoms with van der Waals surface area (Å²) in [4.78, 5) is 12.3. The number of hydrogen-bond acceptors (Lipinski definition) is 1. The van der Waals surface area contributed by atoms with Crippen molar-refractivity contribution < 1.29 is 4.79 Å². The Balaban J connectivity index is 1.56. The van der Waals surface area contributed by atoms with Crippen LogP contribution in [-0.4, -0.2) is 12.1 Å². The molecule has 1 aromatic carbocycles. The van der Waals surface area contributed by atoms with Gasteiger partial charge in [0.1, 0.15) is 0 Å². The number of hydrogen-bond donors (Lipinski definition) is 2. The van der Waals surface area contributed by atoms with E-state index in [-0.39, 0.29) is 12.1 Å². The van der Waals surface area contributed by atoms with E-state index in [0.717, 1.165) is 12.8 Å². The summed E-state index contributed by atoms with van der Waals surface area (Å²) in [5.74, 6) is 0.618. The van der Waals surface area contributed by atoms with Crippen LogP contribution in [0.15, 0.2) is 30.3 Å². The normalized spacial score (nSPS) is 21.3. The van der Waals surface area contributed by atoms with Gasteiger partial charge in [0.25, 0.3) is 0 Å². The minimum Gasteiger partial charge on any atom is -0.335 e. The molecule has 114 valence electrons. The molecule has 2 amide bonds. The van der Waals surface area contributed by atoms with Crippen LogP contribution in [0.25, 0.3) is 0 Å². The quantitative estimate of drug-likeness (QED) is 0.802. The van der Waals surface area contributed by atoms with Crippen LogP contribution in [0.2, 0.25) is 0 Å². The maximum atomic E-state index is 12.3. The lowest BCUT2D eigenvalue weighted by molar-refractivity contribution is 0.230. The van der Waals surface area contributed by atoms with Gasteiger partial charge in [0.05, 0.1) is 6.04 Å². The summed E-state index contributed by atoms with van der Waals surface area (Å²) in [7, 11) is 0. The highest BCUT2D eigenvalue weighted by Gasteiger charge is 2.33. The van der Waals surface area contributed by atoms with E-state index >= 15 is 0 Å². The predicted molar refractivity (Wildman–Crippen MR) is 85.1 cm³/mol. The van der Waals surface area contributed by atoms with E-state index in [4.69, 9.17) is 0 Å². The molecule has 3 rings (SSSR count). The summed E-state index contributed by atoms with van der Waals surface area (Å²) in [6, 6.07) is 10.9. The minimum atomic E-state index is 0.0163. The number of benzene rings is 1. The third-order valence-corrected chi connectivity index (χ3v) is 4.73. The molecule has 3 heteroatoms. The number of carbonyl (C=O) groups excluding carboxylic acids is 1. The van der Waals surface area contributed by atoms with E-state index in [1.807, 2.05) is 6.07 Å². The summed E-state index contributed by atoms with van der Waals surface area (Å²) in [5.41, 5.74) is 1.23. The van der Waals surface area contributed by atoms with Gasteiger partial charge in [-0.3, -0.25) is 0 Å². The lowest BCUT2D eigenvalue weighted by Crippen LogP contribution is -2.43. The molecule has 0 heterocycles. The molecule has 1 aromatic rings. The molecule has 0 bridgehead atoms. The first-order valence-corrected chi connectivity index (χ1v) is 8.45. The van der Waals surface area contributed by atoms with Crippen molar-refractivity contribution in [1.82, 2.24) is 10.6 Å². The Bertz CT molecular complexity index is 448. The van der Waals surface area contributed by atoms with Crippen LogP contribution in [0, 0.1) is 5.92 Å². The number of rotatable bonds is 4. The van der Waals surface area contributed by atoms with Gasteiger partial charge in [-0.15, -0.1) is 0 Å². The molecule has 0 spiro atoms. The fourth-order valence-corrected chi connectivity index (χ4v) is 3.36. The molecular weight excluding hydrogens is 260 g/mol. The Hall–Kier alpha value is -1.51. The zero-order chi connectivity index (χ0) is 14.5. The second-order valence-corrected chi connectivity index (χ2v) is 6.53. The first-order chi connectivity index (χ1) is 10.3. The molecule has 0 radical (unpaired) electrons. The zero-order valence-corrected chi connectivity index (χ0v) is 12.7. The standard InChI is InChI=1S/C18H26N2O/c21-18(19-16-10-6-1-2-7-11-16)20-17(15-12-13-15)14-8-4-3-5-9-14/h3-5,8-9,15-17H,1-2,6-7,10-13H2,(H2,19,20,21). The number of urea groups is 1. The molecule has 2 aliphatic rings. The first kappa shape index (κ1) is 14.4. The summed E-state index contributed by atoms with van der Waals surface area (Å²) >= 11 is 0. The van der Waals surface area contributed by atoms with E-state index in [2.05, 4.69) is 34.9 Å². The molecule has 1 atom stereocenters. The second-order valence-electron chi connectivity index (χ2n) is 6.53. The SMILES string of the molecule is O=C(NC1CCCCCC1)NC(c1ccccc1)C1CC1. The number of carbonyl (C=O) groups is 1. The molecule has 2 aliphatic carbocycles. The van der Waals surface area contributed by atoms with E-state index < -0.39 is 0 Å². The first-order valence-electron chi connectivity index (χ1n) is 8.45. The van der Waals surface area contributed by atoms with Gasteiger partial charge in [-0.25, -0.2) is 4.79 Å². The zero-order valence-electron chi connectivity index (χ0n) is 12.7. The van der Waals surface area contributed by atoms with Crippen LogP contribution in [-0.2, 0) is 0 Å². The highest BCUT2D eigenvalue weighted by Crippen LogP contribution is 2.40. The van der Waals surface area contributed by atoms with Crippen LogP contribution >= 0.6 is 0 Å². The third-order valence-electron chi connectivity index (χ3n) is 4.73. The highest BCUT2D eigenvalue weighted by atomic mass is 16.2. The average molecular weight is 286 g/mol. The fourth-order valence-electron chi connectivity index (χ4n) is 3.36. The lowest BCUT2D eigenvalue weighted by Gasteiger charge is -2.22. The topological polar surface area (TPSA) is 41.1 Å². The van der Waals surface area contributed by atoms with E-state index in [0.29, 0.717) is 12.0 Å². The van der Waals surface area contributed by atoms with Crippen molar-refractivity contribution >= 4 is 6.03 Å². The van der Waals surface area contributed by atoms with Gasteiger partial charge >= 0.3 is 6.03 Å². The van der Waals surface area contributed by atoms with Crippen molar-refractivity contribution in [3.8, 4) is 0 Å². The number of nitrogens with one attached hydrogen (secondary N) is 2. The van der Waals surface area contributed by atoms with Gasteiger partial charge in [0.2, 0.25) is 0 Å². The van der Waals surface area contributed by atoms with Gasteiger partial charge in [-0.05, 0) is 37.2 Å². The van der Waals surface area contributed by atoms with Crippen LogP contribution < -0.4 is 10.6 Å². The molecular formula is C18H26N2O. The van der Waals surface area contributed by atoms with Gasteiger partial charge in [0, 0.05) is 6.04 Å². The fraction of sp³-hybridized carbons (Fsp3) is 0.611.